The van der Waals surface area contributed by atoms with Gasteiger partial charge in [0.05, 0.1) is 0 Å². The Morgan fingerprint density at radius 2 is 1.75 bits per heavy atom. The first-order valence-electron chi connectivity index (χ1n) is 0.750. The molecule has 0 spiro atoms. The molecule has 0 bridgehead atoms. The standard InChI is InChI=1S/C3H3.Rb/c1-3-2;/h1H3;/q-1;+1. The van der Waals surface area contributed by atoms with Gasteiger partial charge in [-0.1, -0.05) is 0 Å². The van der Waals surface area contributed by atoms with E-state index < -0.39 is 0 Å². The molecule has 0 radical (unpaired) electrons. The molecule has 0 unspecified atom stereocenters. The fourth-order valence-electron chi connectivity index (χ4n) is 0. The van der Waals surface area contributed by atoms with Gasteiger partial charge in [0.25, 0.3) is 0 Å². The van der Waals surface area contributed by atoms with E-state index in [4.69, 9.17) is 6.42 Å². The molecule has 0 amide bonds. The first-order chi connectivity index (χ1) is 1.41. The molecule has 0 N–H and O–H groups in total. The van der Waals surface area contributed by atoms with Gasteiger partial charge in [0.2, 0.25) is 0 Å². The minimum Gasteiger partial charge on any atom is -0.694 e. The number of hydrogen-bond donors (Lipinski definition) is 0. The average molecular weight is 125 g/mol. The summed E-state index contributed by atoms with van der Waals surface area (Å²) in [6.45, 7) is 1.54. The van der Waals surface area contributed by atoms with Crippen LogP contribution >= 0.6 is 0 Å². The number of hydrogen-bond acceptors (Lipinski definition) is 0. The van der Waals surface area contributed by atoms with Crippen LogP contribution in [0.5, 0.6) is 0 Å². The van der Waals surface area contributed by atoms with E-state index in [0.717, 1.165) is 0 Å². The van der Waals surface area contributed by atoms with Gasteiger partial charge in [-0.2, -0.15) is 0 Å². The Hall–Kier alpha value is 1.37. The van der Waals surface area contributed by atoms with Crippen LogP contribution in [0, 0.1) is 12.3 Å². The van der Waals surface area contributed by atoms with Gasteiger partial charge in [-0.3, -0.25) is 0 Å². The summed E-state index contributed by atoms with van der Waals surface area (Å²) in [5.41, 5.74) is 0. The van der Waals surface area contributed by atoms with Crippen molar-refractivity contribution in [3.63, 3.8) is 0 Å². The Labute approximate surface area is 75.8 Å². The van der Waals surface area contributed by atoms with Gasteiger partial charge in [0.1, 0.15) is 0 Å². The Bertz CT molecular complexity index is 24.8. The first-order valence-corrected chi connectivity index (χ1v) is 0.750. The maximum absolute atomic E-state index is 5.96. The van der Waals surface area contributed by atoms with Crippen molar-refractivity contribution >= 4 is 0 Å². The third-order valence-corrected chi connectivity index (χ3v) is 0. The van der Waals surface area contributed by atoms with Crippen LogP contribution in [0.1, 0.15) is 6.92 Å². The van der Waals surface area contributed by atoms with Gasteiger partial charge in [-0.05, 0) is 6.92 Å². The topological polar surface area (TPSA) is 0 Å². The van der Waals surface area contributed by atoms with Gasteiger partial charge in [0.15, 0.2) is 0 Å². The van der Waals surface area contributed by atoms with E-state index in [9.17, 15) is 0 Å². The van der Waals surface area contributed by atoms with Gasteiger partial charge < -0.3 is 12.3 Å². The van der Waals surface area contributed by atoms with Gasteiger partial charge in [-0.25, -0.2) is 0 Å². The van der Waals surface area contributed by atoms with Crippen LogP contribution in [0.3, 0.4) is 0 Å². The molecule has 0 atom stereocenters. The zero-order valence-corrected chi connectivity index (χ0v) is 7.92. The van der Waals surface area contributed by atoms with Crippen molar-refractivity contribution < 1.29 is 58.2 Å². The molecule has 0 aromatic carbocycles. The van der Waals surface area contributed by atoms with E-state index in [2.05, 4.69) is 0 Å². The fourth-order valence-corrected chi connectivity index (χ4v) is 0. The van der Waals surface area contributed by atoms with Crippen LogP contribution in [0.15, 0.2) is 0 Å². The minimum absolute atomic E-state index is 0. The monoisotopic (exact) mass is 124 g/mol. The summed E-state index contributed by atoms with van der Waals surface area (Å²) < 4.78 is 0. The zero-order chi connectivity index (χ0) is 2.71. The molecular formula is C3H3Rb. The quantitative estimate of drug-likeness (QED) is 0.250. The van der Waals surface area contributed by atoms with Crippen molar-refractivity contribution in [3.05, 3.63) is 6.42 Å². The van der Waals surface area contributed by atoms with Crippen molar-refractivity contribution in [2.45, 2.75) is 6.92 Å². The summed E-state index contributed by atoms with van der Waals surface area (Å²) in [5, 5.41) is 0. The SMILES string of the molecule is [C-]#CC.[Rb+]. The van der Waals surface area contributed by atoms with E-state index in [1.807, 2.05) is 5.92 Å². The van der Waals surface area contributed by atoms with E-state index in [-0.39, 0.29) is 58.2 Å². The molecule has 0 saturated carbocycles. The summed E-state index contributed by atoms with van der Waals surface area (Å²) >= 11 is 0. The Morgan fingerprint density at radius 1 is 1.75 bits per heavy atom. The molecule has 0 aliphatic carbocycles. The predicted octanol–water partition coefficient (Wildman–Crippen LogP) is -2.40. The smallest absolute Gasteiger partial charge is 0.694 e. The molecule has 1 heteroatoms. The Kier molecular flexibility index (Phi) is 19.9. The maximum atomic E-state index is 5.96. The molecule has 0 aliphatic rings. The molecule has 0 aromatic heterocycles. The molecule has 0 saturated heterocycles. The number of rotatable bonds is 0. The molecule has 0 aliphatic heterocycles. The molecule has 4 heavy (non-hydrogen) atoms. The summed E-state index contributed by atoms with van der Waals surface area (Å²) in [7, 11) is 0. The third kappa shape index (κ3) is 10.1. The normalized spacial score (nSPS) is 2.00. The fraction of sp³-hybridized carbons (Fsp3) is 0.333. The van der Waals surface area contributed by atoms with Crippen molar-refractivity contribution in [2.24, 2.45) is 0 Å². The molecule has 0 heterocycles. The van der Waals surface area contributed by atoms with Crippen molar-refractivity contribution in [2.75, 3.05) is 0 Å². The second kappa shape index (κ2) is 8.84. The van der Waals surface area contributed by atoms with Crippen LogP contribution in [-0.2, 0) is 0 Å². The maximum Gasteiger partial charge on any atom is 1.00 e. The van der Waals surface area contributed by atoms with Gasteiger partial charge in [0, 0.05) is 0 Å². The van der Waals surface area contributed by atoms with E-state index in [0.29, 0.717) is 0 Å². The van der Waals surface area contributed by atoms with Crippen LogP contribution in [-0.4, -0.2) is 0 Å². The van der Waals surface area contributed by atoms with Crippen LogP contribution in [0.4, 0.5) is 0 Å². The van der Waals surface area contributed by atoms with Gasteiger partial charge >= 0.3 is 58.2 Å². The van der Waals surface area contributed by atoms with E-state index in [1.54, 1.807) is 6.92 Å². The van der Waals surface area contributed by atoms with Crippen molar-refractivity contribution in [1.82, 2.24) is 0 Å². The summed E-state index contributed by atoms with van der Waals surface area (Å²) in [5.74, 6) is 2.00. The Morgan fingerprint density at radius 3 is 1.75 bits per heavy atom. The molecule has 16 valence electrons. The van der Waals surface area contributed by atoms with E-state index in [1.165, 1.54) is 0 Å². The predicted molar refractivity (Wildman–Crippen MR) is 12.8 cm³/mol. The molecule has 0 fully saturated rings. The average Bonchev–Trinajstić information content (AvgIpc) is 0.918. The van der Waals surface area contributed by atoms with Crippen molar-refractivity contribution in [3.8, 4) is 5.92 Å². The van der Waals surface area contributed by atoms with Gasteiger partial charge in [-0.15, -0.1) is 0 Å². The van der Waals surface area contributed by atoms with E-state index >= 15 is 0 Å². The third-order valence-electron chi connectivity index (χ3n) is 0. The largest absolute Gasteiger partial charge is 1.00 e. The minimum atomic E-state index is 0. The van der Waals surface area contributed by atoms with Crippen LogP contribution in [0.2, 0.25) is 0 Å². The molecule has 0 rings (SSSR count). The van der Waals surface area contributed by atoms with Crippen molar-refractivity contribution in [1.29, 1.82) is 0 Å². The zero-order valence-electron chi connectivity index (χ0n) is 3.00. The Balaban J connectivity index is 0. The summed E-state index contributed by atoms with van der Waals surface area (Å²) in [4.78, 5) is 0. The second-order valence-corrected chi connectivity index (χ2v) is 0.250. The van der Waals surface area contributed by atoms with Crippen LogP contribution < -0.4 is 58.2 Å². The summed E-state index contributed by atoms with van der Waals surface area (Å²) in [6.07, 6.45) is 5.96. The second-order valence-electron chi connectivity index (χ2n) is 0.250. The molecule has 0 aromatic rings. The first kappa shape index (κ1) is 9.03. The molecule has 0 nitrogen and oxygen atoms in total. The summed E-state index contributed by atoms with van der Waals surface area (Å²) in [6, 6.07) is 0. The van der Waals surface area contributed by atoms with Crippen LogP contribution in [0.25, 0.3) is 0 Å². The molecular weight excluding hydrogens is 122 g/mol.